The zero-order valence-electron chi connectivity index (χ0n) is 12.8. The van der Waals surface area contributed by atoms with Gasteiger partial charge in [0.1, 0.15) is 5.69 Å². The molecule has 0 aromatic heterocycles. The summed E-state index contributed by atoms with van der Waals surface area (Å²) in [5.41, 5.74) is 2.92. The Balaban J connectivity index is 2.32. The molecule has 0 saturated heterocycles. The lowest BCUT2D eigenvalue weighted by Crippen LogP contribution is -2.37. The van der Waals surface area contributed by atoms with Crippen LogP contribution in [0.1, 0.15) is 44.2 Å². The number of hydrogen-bond acceptors (Lipinski definition) is 3. The highest BCUT2D eigenvalue weighted by molar-refractivity contribution is 5.65. The Bertz CT molecular complexity index is 503. The fourth-order valence-electron chi connectivity index (χ4n) is 3.21. The van der Waals surface area contributed by atoms with Crippen molar-refractivity contribution in [2.45, 2.75) is 53.0 Å². The molecule has 1 saturated carbocycles. The van der Waals surface area contributed by atoms with Gasteiger partial charge in [-0.15, -0.1) is 0 Å². The van der Waals surface area contributed by atoms with Gasteiger partial charge in [-0.05, 0) is 55.7 Å². The van der Waals surface area contributed by atoms with Crippen LogP contribution in [0, 0.1) is 35.8 Å². The maximum atomic E-state index is 11.3. The Kier molecular flexibility index (Phi) is 4.31. The first-order valence-corrected chi connectivity index (χ1v) is 7.42. The van der Waals surface area contributed by atoms with E-state index in [0.717, 1.165) is 11.1 Å². The van der Waals surface area contributed by atoms with Crippen molar-refractivity contribution >= 4 is 11.4 Å². The zero-order valence-corrected chi connectivity index (χ0v) is 12.8. The average molecular weight is 276 g/mol. The van der Waals surface area contributed by atoms with E-state index in [4.69, 9.17) is 0 Å². The molecule has 0 heterocycles. The van der Waals surface area contributed by atoms with Crippen molar-refractivity contribution in [1.82, 2.24) is 0 Å². The summed E-state index contributed by atoms with van der Waals surface area (Å²) in [4.78, 5) is 11.0. The number of hydrogen-bond donors (Lipinski definition) is 1. The van der Waals surface area contributed by atoms with E-state index in [0.29, 0.717) is 23.6 Å². The fraction of sp³-hybridized carbons (Fsp3) is 0.625. The number of nitrogens with zero attached hydrogens (tertiary/aromatic N) is 1. The molecule has 0 aliphatic heterocycles. The molecule has 4 heteroatoms. The summed E-state index contributed by atoms with van der Waals surface area (Å²) in [7, 11) is 0. The summed E-state index contributed by atoms with van der Waals surface area (Å²) >= 11 is 0. The monoisotopic (exact) mass is 276 g/mol. The summed E-state index contributed by atoms with van der Waals surface area (Å²) in [6, 6.07) is 3.92. The van der Waals surface area contributed by atoms with Gasteiger partial charge in [0.15, 0.2) is 0 Å². The molecule has 4 nitrogen and oxygen atoms in total. The second-order valence-electron chi connectivity index (χ2n) is 6.27. The van der Waals surface area contributed by atoms with Crippen LogP contribution in [-0.4, -0.2) is 11.0 Å². The van der Waals surface area contributed by atoms with Crippen molar-refractivity contribution in [2.75, 3.05) is 5.32 Å². The van der Waals surface area contributed by atoms with Crippen LogP contribution in [0.3, 0.4) is 0 Å². The van der Waals surface area contributed by atoms with Gasteiger partial charge in [0.05, 0.1) is 4.92 Å². The molecule has 1 aliphatic carbocycles. The van der Waals surface area contributed by atoms with Crippen LogP contribution in [0.25, 0.3) is 0 Å². The minimum absolute atomic E-state index is 0.193. The van der Waals surface area contributed by atoms with E-state index >= 15 is 0 Å². The molecule has 110 valence electrons. The number of nitro groups is 1. The Morgan fingerprint density at radius 1 is 1.15 bits per heavy atom. The third-order valence-corrected chi connectivity index (χ3v) is 4.68. The third-order valence-electron chi connectivity index (χ3n) is 4.68. The molecule has 1 aromatic rings. The van der Waals surface area contributed by atoms with E-state index in [1.54, 1.807) is 6.07 Å². The van der Waals surface area contributed by atoms with Crippen molar-refractivity contribution < 1.29 is 4.92 Å². The van der Waals surface area contributed by atoms with Gasteiger partial charge in [-0.1, -0.05) is 20.3 Å². The molecule has 1 fully saturated rings. The lowest BCUT2D eigenvalue weighted by Gasteiger charge is -2.35. The molecule has 1 aromatic carbocycles. The van der Waals surface area contributed by atoms with E-state index in [9.17, 15) is 10.1 Å². The van der Waals surface area contributed by atoms with Gasteiger partial charge >= 0.3 is 0 Å². The van der Waals surface area contributed by atoms with E-state index in [1.807, 2.05) is 19.9 Å². The highest BCUT2D eigenvalue weighted by Gasteiger charge is 2.29. The second kappa shape index (κ2) is 5.81. The van der Waals surface area contributed by atoms with E-state index in [-0.39, 0.29) is 10.6 Å². The molecule has 2 rings (SSSR count). The van der Waals surface area contributed by atoms with Crippen LogP contribution in [0.4, 0.5) is 11.4 Å². The molecule has 0 spiro atoms. The summed E-state index contributed by atoms with van der Waals surface area (Å²) in [5, 5.41) is 14.7. The van der Waals surface area contributed by atoms with Crippen LogP contribution >= 0.6 is 0 Å². The summed E-state index contributed by atoms with van der Waals surface area (Å²) in [5.74, 6) is 1.11. The van der Waals surface area contributed by atoms with Crippen LogP contribution in [0.5, 0.6) is 0 Å². The van der Waals surface area contributed by atoms with Crippen LogP contribution in [0.2, 0.25) is 0 Å². The zero-order chi connectivity index (χ0) is 14.9. The minimum atomic E-state index is -0.285. The number of rotatable bonds is 3. The Morgan fingerprint density at radius 3 is 2.25 bits per heavy atom. The van der Waals surface area contributed by atoms with Crippen molar-refractivity contribution in [3.8, 4) is 0 Å². The molecular formula is C16H24N2O2. The molecule has 1 aliphatic rings. The van der Waals surface area contributed by atoms with Gasteiger partial charge in [0.2, 0.25) is 0 Å². The number of benzene rings is 1. The van der Waals surface area contributed by atoms with Crippen LogP contribution in [0.15, 0.2) is 12.1 Å². The van der Waals surface area contributed by atoms with Crippen LogP contribution < -0.4 is 5.32 Å². The molecule has 1 N–H and O–H groups in total. The predicted octanol–water partition coefficient (Wildman–Crippen LogP) is 4.45. The molecule has 20 heavy (non-hydrogen) atoms. The van der Waals surface area contributed by atoms with E-state index in [2.05, 4.69) is 19.2 Å². The van der Waals surface area contributed by atoms with Crippen molar-refractivity contribution in [3.63, 3.8) is 0 Å². The van der Waals surface area contributed by atoms with Gasteiger partial charge in [0, 0.05) is 12.1 Å². The summed E-state index contributed by atoms with van der Waals surface area (Å²) in [6.45, 7) is 8.39. The smallest absolute Gasteiger partial charge is 0.292 e. The van der Waals surface area contributed by atoms with E-state index in [1.165, 1.54) is 19.3 Å². The molecule has 0 bridgehead atoms. The fourth-order valence-corrected chi connectivity index (χ4v) is 3.21. The van der Waals surface area contributed by atoms with Crippen molar-refractivity contribution in [3.05, 3.63) is 33.4 Å². The van der Waals surface area contributed by atoms with Crippen molar-refractivity contribution in [1.29, 1.82) is 0 Å². The Hall–Kier alpha value is -1.58. The second-order valence-corrected chi connectivity index (χ2v) is 6.27. The van der Waals surface area contributed by atoms with Crippen LogP contribution in [-0.2, 0) is 0 Å². The maximum absolute atomic E-state index is 11.3. The SMILES string of the molecule is Cc1cc(NC2C(C)CCCC2C)c([N+](=O)[O-])cc1C. The molecule has 0 radical (unpaired) electrons. The minimum Gasteiger partial charge on any atom is -0.376 e. The largest absolute Gasteiger partial charge is 0.376 e. The topological polar surface area (TPSA) is 55.2 Å². The van der Waals surface area contributed by atoms with E-state index < -0.39 is 0 Å². The van der Waals surface area contributed by atoms with Gasteiger partial charge < -0.3 is 5.32 Å². The van der Waals surface area contributed by atoms with Crippen molar-refractivity contribution in [2.24, 2.45) is 11.8 Å². The number of nitrogens with one attached hydrogen (secondary N) is 1. The molecular weight excluding hydrogens is 252 g/mol. The normalized spacial score (nSPS) is 26.3. The highest BCUT2D eigenvalue weighted by Crippen LogP contribution is 2.35. The molecule has 2 atom stereocenters. The summed E-state index contributed by atoms with van der Waals surface area (Å²) in [6.07, 6.45) is 3.65. The van der Waals surface area contributed by atoms with Gasteiger partial charge in [-0.25, -0.2) is 0 Å². The first-order chi connectivity index (χ1) is 9.40. The first kappa shape index (κ1) is 14.8. The lowest BCUT2D eigenvalue weighted by atomic mass is 9.78. The quantitative estimate of drug-likeness (QED) is 0.655. The van der Waals surface area contributed by atoms with Gasteiger partial charge in [-0.3, -0.25) is 10.1 Å². The average Bonchev–Trinajstić information content (AvgIpc) is 2.37. The van der Waals surface area contributed by atoms with Gasteiger partial charge in [0.25, 0.3) is 5.69 Å². The number of nitro benzene ring substituents is 1. The number of anilines is 1. The maximum Gasteiger partial charge on any atom is 0.292 e. The Labute approximate surface area is 120 Å². The lowest BCUT2D eigenvalue weighted by molar-refractivity contribution is -0.384. The first-order valence-electron chi connectivity index (χ1n) is 7.42. The predicted molar refractivity (Wildman–Crippen MR) is 82.2 cm³/mol. The molecule has 2 unspecified atom stereocenters. The highest BCUT2D eigenvalue weighted by atomic mass is 16.6. The number of aryl methyl sites for hydroxylation is 2. The molecule has 0 amide bonds. The van der Waals surface area contributed by atoms with Gasteiger partial charge in [-0.2, -0.15) is 0 Å². The summed E-state index contributed by atoms with van der Waals surface area (Å²) < 4.78 is 0. The third kappa shape index (κ3) is 2.94. The standard InChI is InChI=1S/C16H24N2O2/c1-10-6-5-7-11(2)16(10)17-14-8-12(3)13(4)9-15(14)18(19)20/h8-11,16-17H,5-7H2,1-4H3. The Morgan fingerprint density at radius 2 is 1.70 bits per heavy atom.